The number of aliphatic imine (C=N–C) groups is 1. The number of hydrogen-bond donors (Lipinski definition) is 0. The lowest BCUT2D eigenvalue weighted by atomic mass is 9.96. The molecule has 0 amide bonds. The molecule has 1 fully saturated rings. The first-order chi connectivity index (χ1) is 8.74. The van der Waals surface area contributed by atoms with Crippen molar-refractivity contribution in [2.45, 2.75) is 19.1 Å². The highest BCUT2D eigenvalue weighted by Gasteiger charge is 2.27. The monoisotopic (exact) mass is 384 g/mol. The van der Waals surface area contributed by atoms with Gasteiger partial charge in [-0.3, -0.25) is 0 Å². The van der Waals surface area contributed by atoms with Gasteiger partial charge in [0.05, 0.1) is 9.24 Å². The van der Waals surface area contributed by atoms with Crippen LogP contribution >= 0.6 is 32.3 Å². The molecule has 0 bridgehead atoms. The largest absolute Gasteiger partial charge is 0.356 e. The predicted octanol–water partition coefficient (Wildman–Crippen LogP) is 2.54. The van der Waals surface area contributed by atoms with Gasteiger partial charge in [0.2, 0.25) is 0 Å². The molecule has 2 heterocycles. The van der Waals surface area contributed by atoms with Crippen LogP contribution in [-0.2, 0) is 9.47 Å². The van der Waals surface area contributed by atoms with Crippen molar-refractivity contribution < 1.29 is 9.47 Å². The average molecular weight is 385 g/mol. The van der Waals surface area contributed by atoms with Gasteiger partial charge in [0.25, 0.3) is 0 Å². The molecule has 0 spiro atoms. The molecule has 0 N–H and O–H groups in total. The number of rotatable bonds is 3. The fourth-order valence-electron chi connectivity index (χ4n) is 2.30. The molecule has 6 heteroatoms. The van der Waals surface area contributed by atoms with Crippen molar-refractivity contribution in [3.05, 3.63) is 9.24 Å². The molecule has 2 aliphatic rings. The van der Waals surface area contributed by atoms with E-state index in [0.717, 1.165) is 34.8 Å². The van der Waals surface area contributed by atoms with Gasteiger partial charge >= 0.3 is 0 Å². The molecule has 4 nitrogen and oxygen atoms in total. The summed E-state index contributed by atoms with van der Waals surface area (Å²) in [6.45, 7) is 2.02. The van der Waals surface area contributed by atoms with Crippen LogP contribution in [0.15, 0.2) is 14.2 Å². The topological polar surface area (TPSA) is 34.1 Å². The zero-order chi connectivity index (χ0) is 13.0. The Kier molecular flexibility index (Phi) is 5.59. The Bertz CT molecular complexity index is 372. The van der Waals surface area contributed by atoms with E-state index in [1.807, 2.05) is 0 Å². The van der Waals surface area contributed by atoms with Crippen LogP contribution in [0.5, 0.6) is 0 Å². The molecule has 0 aromatic carbocycles. The van der Waals surface area contributed by atoms with Crippen LogP contribution in [0.25, 0.3) is 0 Å². The van der Waals surface area contributed by atoms with E-state index < -0.39 is 0 Å². The molecular weight excluding hydrogens is 367 g/mol. The van der Waals surface area contributed by atoms with Crippen molar-refractivity contribution in [2.75, 3.05) is 27.3 Å². The van der Waals surface area contributed by atoms with E-state index in [1.165, 1.54) is 0 Å². The van der Waals surface area contributed by atoms with Crippen molar-refractivity contribution in [1.29, 1.82) is 0 Å². The predicted molar refractivity (Wildman–Crippen MR) is 83.6 cm³/mol. The lowest BCUT2D eigenvalue weighted by molar-refractivity contribution is -0.144. The minimum atomic E-state index is -0.166. The summed E-state index contributed by atoms with van der Waals surface area (Å²) in [7, 11) is 3.41. The summed E-state index contributed by atoms with van der Waals surface area (Å²) in [6, 6.07) is 0. The zero-order valence-corrected chi connectivity index (χ0v) is 13.5. The number of ether oxygens (including phenoxy) is 2. The van der Waals surface area contributed by atoms with Crippen molar-refractivity contribution in [3.63, 3.8) is 0 Å². The van der Waals surface area contributed by atoms with Gasteiger partial charge in [-0.05, 0) is 12.8 Å². The fourth-order valence-corrected chi connectivity index (χ4v) is 4.06. The Morgan fingerprint density at radius 1 is 1.39 bits per heavy atom. The van der Waals surface area contributed by atoms with Crippen LogP contribution in [0.2, 0.25) is 0 Å². The highest BCUT2D eigenvalue weighted by molar-refractivity contribution is 14.2. The molecular formula is C12H18ClIN2O2. The van der Waals surface area contributed by atoms with E-state index in [0.29, 0.717) is 5.92 Å². The third-order valence-corrected chi connectivity index (χ3v) is 5.66. The first kappa shape index (κ1) is 14.4. The summed E-state index contributed by atoms with van der Waals surface area (Å²) < 4.78 is 13.8. The smallest absolute Gasteiger partial charge is 0.159 e. The Hall–Kier alpha value is 0.0200. The summed E-state index contributed by atoms with van der Waals surface area (Å²) >= 11 is 5.78. The molecule has 1 saturated heterocycles. The number of nitrogens with zero attached hydrogens (tertiary/aromatic N) is 2. The summed E-state index contributed by atoms with van der Waals surface area (Å²) in [6.07, 6.45) is 3.87. The molecule has 0 aliphatic carbocycles. The van der Waals surface area contributed by atoms with Gasteiger partial charge < -0.3 is 14.4 Å². The number of amidine groups is 1. The van der Waals surface area contributed by atoms with Gasteiger partial charge in [-0.1, -0.05) is 32.3 Å². The van der Waals surface area contributed by atoms with Gasteiger partial charge in [-0.2, -0.15) is 0 Å². The second kappa shape index (κ2) is 6.98. The third kappa shape index (κ3) is 3.53. The van der Waals surface area contributed by atoms with Crippen LogP contribution in [0.1, 0.15) is 12.8 Å². The SMILES string of the molecule is COC(OC)C1CCN(C2=NC=C(Cl)I=C2)CC1. The van der Waals surface area contributed by atoms with E-state index in [2.05, 4.69) is 13.9 Å². The van der Waals surface area contributed by atoms with Crippen molar-refractivity contribution in [2.24, 2.45) is 10.9 Å². The van der Waals surface area contributed by atoms with Crippen LogP contribution in [0, 0.1) is 5.92 Å². The van der Waals surface area contributed by atoms with Crippen LogP contribution in [0.4, 0.5) is 0 Å². The first-order valence-corrected chi connectivity index (χ1v) is 8.65. The maximum atomic E-state index is 5.94. The van der Waals surface area contributed by atoms with Gasteiger partial charge in [-0.25, -0.2) is 4.99 Å². The van der Waals surface area contributed by atoms with Crippen LogP contribution in [-0.4, -0.2) is 48.3 Å². The molecule has 0 saturated carbocycles. The second-order valence-corrected chi connectivity index (χ2v) is 7.74. The van der Waals surface area contributed by atoms with Gasteiger partial charge in [0.15, 0.2) is 6.29 Å². The average Bonchev–Trinajstić information content (AvgIpc) is 2.42. The maximum absolute atomic E-state index is 5.94. The number of hydrogen-bond acceptors (Lipinski definition) is 4. The molecule has 2 aliphatic heterocycles. The highest BCUT2D eigenvalue weighted by Crippen LogP contribution is 2.25. The van der Waals surface area contributed by atoms with Gasteiger partial charge in [-0.15, -0.1) is 0 Å². The van der Waals surface area contributed by atoms with E-state index in [1.54, 1.807) is 20.4 Å². The molecule has 0 aromatic heterocycles. The number of likely N-dealkylation sites (tertiary alicyclic amines) is 1. The normalized spacial score (nSPS) is 21.7. The van der Waals surface area contributed by atoms with E-state index in [4.69, 9.17) is 21.1 Å². The Morgan fingerprint density at radius 2 is 2.06 bits per heavy atom. The fraction of sp³-hybridized carbons (Fsp3) is 0.667. The molecule has 0 radical (unpaired) electrons. The molecule has 0 unspecified atom stereocenters. The van der Waals surface area contributed by atoms with Crippen LogP contribution < -0.4 is 0 Å². The standard InChI is InChI=1S/C12H18ClIN2O2/c1-17-12(18-2)9-3-5-16(6-4-9)11-7-14-10(13)8-15-11/h7-9,12H,3-6H2,1-2H3. The molecule has 0 aromatic rings. The van der Waals surface area contributed by atoms with Crippen molar-refractivity contribution in [3.8, 4) is 0 Å². The third-order valence-electron chi connectivity index (χ3n) is 3.26. The van der Waals surface area contributed by atoms with Crippen molar-refractivity contribution in [1.82, 2.24) is 4.90 Å². The Balaban J connectivity index is 1.89. The zero-order valence-electron chi connectivity index (χ0n) is 10.6. The lowest BCUT2D eigenvalue weighted by Crippen LogP contribution is -2.42. The number of methoxy groups -OCH3 is 2. The summed E-state index contributed by atoms with van der Waals surface area (Å²) in [4.78, 5) is 6.73. The quantitative estimate of drug-likeness (QED) is 0.554. The van der Waals surface area contributed by atoms with Gasteiger partial charge in [0, 0.05) is 37.2 Å². The minimum absolute atomic E-state index is 0.0776. The Morgan fingerprint density at radius 3 is 2.56 bits per heavy atom. The molecule has 18 heavy (non-hydrogen) atoms. The van der Waals surface area contributed by atoms with Crippen LogP contribution in [0.3, 0.4) is 0 Å². The molecule has 2 rings (SSSR count). The summed E-state index contributed by atoms with van der Waals surface area (Å²) in [5.74, 6) is 1.58. The first-order valence-electron chi connectivity index (χ1n) is 5.95. The number of piperidine rings is 1. The molecule has 0 atom stereocenters. The van der Waals surface area contributed by atoms with E-state index in [9.17, 15) is 0 Å². The van der Waals surface area contributed by atoms with Gasteiger partial charge in [0.1, 0.15) is 5.84 Å². The maximum Gasteiger partial charge on any atom is 0.159 e. The molecule has 102 valence electrons. The second-order valence-electron chi connectivity index (χ2n) is 4.29. The Labute approximate surface area is 123 Å². The lowest BCUT2D eigenvalue weighted by Gasteiger charge is -2.35. The van der Waals surface area contributed by atoms with E-state index in [-0.39, 0.29) is 27.0 Å². The van der Waals surface area contributed by atoms with E-state index >= 15 is 0 Å². The van der Waals surface area contributed by atoms with Crippen molar-refractivity contribution >= 4 is 42.2 Å². The summed E-state index contributed by atoms with van der Waals surface area (Å²) in [5.41, 5.74) is 0. The minimum Gasteiger partial charge on any atom is -0.356 e. The highest BCUT2D eigenvalue weighted by atomic mass is 127. The number of halogens is 2. The summed E-state index contributed by atoms with van der Waals surface area (Å²) in [5, 5.41) is 0.